The average Bonchev–Trinajstić information content (AvgIpc) is 3.02. The van der Waals surface area contributed by atoms with Crippen LogP contribution >= 0.6 is 0 Å². The highest BCUT2D eigenvalue weighted by molar-refractivity contribution is 5.62. The molecule has 0 amide bonds. The fourth-order valence-electron chi connectivity index (χ4n) is 3.53. The third-order valence-corrected chi connectivity index (χ3v) is 5.13. The van der Waals surface area contributed by atoms with Gasteiger partial charge in [-0.2, -0.15) is 4.98 Å². The highest BCUT2D eigenvalue weighted by Gasteiger charge is 2.44. The maximum absolute atomic E-state index is 9.98. The van der Waals surface area contributed by atoms with Crippen molar-refractivity contribution >= 4 is 5.95 Å². The molecule has 2 aromatic heterocycles. The molecule has 2 heterocycles. The second-order valence-electron chi connectivity index (χ2n) is 7.84. The summed E-state index contributed by atoms with van der Waals surface area (Å²) in [7, 11) is 0. The Hall–Kier alpha value is -2.80. The Balaban J connectivity index is 1.61. The topological polar surface area (TPSA) is 111 Å². The molecule has 1 saturated carbocycles. The zero-order chi connectivity index (χ0) is 19.1. The second kappa shape index (κ2) is 6.42. The summed E-state index contributed by atoms with van der Waals surface area (Å²) in [5.74, 6) is 1.44. The van der Waals surface area contributed by atoms with Crippen molar-refractivity contribution < 1.29 is 9.63 Å². The number of benzene rings is 1. The minimum Gasteiger partial charge on any atom is -0.390 e. The van der Waals surface area contributed by atoms with Gasteiger partial charge in [0.05, 0.1) is 17.4 Å². The Morgan fingerprint density at radius 2 is 1.78 bits per heavy atom. The Morgan fingerprint density at radius 3 is 2.33 bits per heavy atom. The van der Waals surface area contributed by atoms with Gasteiger partial charge in [-0.05, 0) is 37.8 Å². The van der Waals surface area contributed by atoms with Crippen LogP contribution in [0.1, 0.15) is 50.4 Å². The van der Waals surface area contributed by atoms with Gasteiger partial charge in [-0.3, -0.25) is 0 Å². The standard InChI is InChI=1S/C20H23N5O2/c1-19(2,26)10-16-24-17(25-27-16)20(8-3-9-20)15-6-4-13(5-7-15)14-11-22-18(21)23-12-14/h4-7,11-12,26H,3,8-10H2,1-2H3,(H2,21,22,23). The predicted octanol–water partition coefficient (Wildman–Crippen LogP) is 2.89. The summed E-state index contributed by atoms with van der Waals surface area (Å²) in [6, 6.07) is 8.33. The summed E-state index contributed by atoms with van der Waals surface area (Å²) in [5.41, 5.74) is 7.59. The molecule has 27 heavy (non-hydrogen) atoms. The minimum absolute atomic E-state index is 0.211. The molecule has 140 valence electrons. The van der Waals surface area contributed by atoms with Crippen molar-refractivity contribution in [1.82, 2.24) is 20.1 Å². The number of hydrogen-bond acceptors (Lipinski definition) is 7. The number of aliphatic hydroxyl groups is 1. The quantitative estimate of drug-likeness (QED) is 0.715. The molecule has 0 unspecified atom stereocenters. The first-order chi connectivity index (χ1) is 12.9. The number of nitrogens with two attached hydrogens (primary N) is 1. The number of nitrogen functional groups attached to an aromatic ring is 1. The number of hydrogen-bond donors (Lipinski definition) is 2. The van der Waals surface area contributed by atoms with Crippen LogP contribution in [0.25, 0.3) is 11.1 Å². The molecule has 0 saturated heterocycles. The molecular formula is C20H23N5O2. The van der Waals surface area contributed by atoms with Gasteiger partial charge in [0.25, 0.3) is 0 Å². The first kappa shape index (κ1) is 17.6. The van der Waals surface area contributed by atoms with Crippen molar-refractivity contribution in [3.63, 3.8) is 0 Å². The molecule has 7 nitrogen and oxygen atoms in total. The molecule has 7 heteroatoms. The lowest BCUT2D eigenvalue weighted by Crippen LogP contribution is -2.36. The van der Waals surface area contributed by atoms with Crippen LogP contribution in [-0.4, -0.2) is 30.8 Å². The summed E-state index contributed by atoms with van der Waals surface area (Å²) in [6.45, 7) is 3.46. The molecule has 1 fully saturated rings. The fraction of sp³-hybridized carbons (Fsp3) is 0.400. The van der Waals surface area contributed by atoms with E-state index < -0.39 is 5.60 Å². The van der Waals surface area contributed by atoms with Crippen molar-refractivity contribution in [2.24, 2.45) is 0 Å². The summed E-state index contributed by atoms with van der Waals surface area (Å²) in [6.07, 6.45) is 6.88. The Bertz CT molecular complexity index is 922. The average molecular weight is 365 g/mol. The van der Waals surface area contributed by atoms with Crippen LogP contribution < -0.4 is 5.73 Å². The zero-order valence-electron chi connectivity index (χ0n) is 15.5. The summed E-state index contributed by atoms with van der Waals surface area (Å²) >= 11 is 0. The first-order valence-electron chi connectivity index (χ1n) is 9.10. The zero-order valence-corrected chi connectivity index (χ0v) is 15.5. The Morgan fingerprint density at radius 1 is 1.11 bits per heavy atom. The van der Waals surface area contributed by atoms with Crippen LogP contribution in [0.4, 0.5) is 5.95 Å². The van der Waals surface area contributed by atoms with E-state index >= 15 is 0 Å². The number of anilines is 1. The van der Waals surface area contributed by atoms with Crippen LogP contribution in [0.15, 0.2) is 41.2 Å². The Labute approximate surface area is 157 Å². The van der Waals surface area contributed by atoms with Gasteiger partial charge in [-0.25, -0.2) is 9.97 Å². The van der Waals surface area contributed by atoms with Gasteiger partial charge in [0.2, 0.25) is 11.8 Å². The van der Waals surface area contributed by atoms with E-state index in [0.29, 0.717) is 18.1 Å². The monoisotopic (exact) mass is 365 g/mol. The third kappa shape index (κ3) is 3.42. The van der Waals surface area contributed by atoms with Gasteiger partial charge in [-0.15, -0.1) is 0 Å². The minimum atomic E-state index is -0.876. The van der Waals surface area contributed by atoms with Crippen molar-refractivity contribution in [2.75, 3.05) is 5.73 Å². The van der Waals surface area contributed by atoms with Crippen molar-refractivity contribution in [1.29, 1.82) is 0 Å². The van der Waals surface area contributed by atoms with Gasteiger partial charge < -0.3 is 15.4 Å². The van der Waals surface area contributed by atoms with Gasteiger partial charge in [0.1, 0.15) is 0 Å². The number of rotatable bonds is 5. The van der Waals surface area contributed by atoms with E-state index in [1.807, 2.05) is 0 Å². The van der Waals surface area contributed by atoms with E-state index in [-0.39, 0.29) is 11.4 Å². The van der Waals surface area contributed by atoms with Crippen LogP contribution in [0.2, 0.25) is 0 Å². The van der Waals surface area contributed by atoms with E-state index in [9.17, 15) is 5.11 Å². The summed E-state index contributed by atoms with van der Waals surface area (Å²) < 4.78 is 5.40. The highest BCUT2D eigenvalue weighted by atomic mass is 16.5. The highest BCUT2D eigenvalue weighted by Crippen LogP contribution is 2.48. The first-order valence-corrected chi connectivity index (χ1v) is 9.10. The SMILES string of the molecule is CC(C)(O)Cc1nc(C2(c3ccc(-c4cnc(N)nc4)cc3)CCC2)no1. The molecule has 3 aromatic rings. The van der Waals surface area contributed by atoms with E-state index in [1.165, 1.54) is 5.56 Å². The molecule has 1 aliphatic carbocycles. The molecule has 0 atom stereocenters. The van der Waals surface area contributed by atoms with Gasteiger partial charge in [0.15, 0.2) is 5.82 Å². The normalized spacial score (nSPS) is 16.1. The maximum Gasteiger partial charge on any atom is 0.229 e. The summed E-state index contributed by atoms with van der Waals surface area (Å²) in [4.78, 5) is 12.7. The molecule has 0 aliphatic heterocycles. The van der Waals surface area contributed by atoms with Crippen LogP contribution in [-0.2, 0) is 11.8 Å². The number of nitrogens with zero attached hydrogens (tertiary/aromatic N) is 4. The molecule has 0 radical (unpaired) electrons. The lowest BCUT2D eigenvalue weighted by Gasteiger charge is -2.39. The van der Waals surface area contributed by atoms with Crippen molar-refractivity contribution in [3.05, 3.63) is 53.9 Å². The largest absolute Gasteiger partial charge is 0.390 e. The van der Waals surface area contributed by atoms with Gasteiger partial charge >= 0.3 is 0 Å². The van der Waals surface area contributed by atoms with Crippen molar-refractivity contribution in [2.45, 2.75) is 50.5 Å². The van der Waals surface area contributed by atoms with E-state index in [4.69, 9.17) is 10.3 Å². The van der Waals surface area contributed by atoms with Crippen LogP contribution in [0.3, 0.4) is 0 Å². The smallest absolute Gasteiger partial charge is 0.229 e. The second-order valence-corrected chi connectivity index (χ2v) is 7.84. The fourth-order valence-corrected chi connectivity index (χ4v) is 3.53. The van der Waals surface area contributed by atoms with E-state index in [2.05, 4.69) is 44.4 Å². The van der Waals surface area contributed by atoms with Crippen LogP contribution in [0, 0.1) is 0 Å². The third-order valence-electron chi connectivity index (χ3n) is 5.13. The summed E-state index contributed by atoms with van der Waals surface area (Å²) in [5, 5.41) is 14.2. The van der Waals surface area contributed by atoms with E-state index in [1.54, 1.807) is 26.2 Å². The lowest BCUT2D eigenvalue weighted by atomic mass is 9.64. The molecular weight excluding hydrogens is 342 g/mol. The molecule has 1 aliphatic rings. The van der Waals surface area contributed by atoms with Crippen molar-refractivity contribution in [3.8, 4) is 11.1 Å². The lowest BCUT2D eigenvalue weighted by molar-refractivity contribution is 0.0718. The van der Waals surface area contributed by atoms with Gasteiger partial charge in [-0.1, -0.05) is 35.8 Å². The molecule has 1 aromatic carbocycles. The van der Waals surface area contributed by atoms with E-state index in [0.717, 1.165) is 30.4 Å². The number of aromatic nitrogens is 4. The Kier molecular flexibility index (Phi) is 4.19. The van der Waals surface area contributed by atoms with Gasteiger partial charge in [0, 0.05) is 18.0 Å². The molecule has 4 rings (SSSR count). The van der Waals surface area contributed by atoms with Crippen LogP contribution in [0.5, 0.6) is 0 Å². The predicted molar refractivity (Wildman–Crippen MR) is 101 cm³/mol. The maximum atomic E-state index is 9.98. The molecule has 0 spiro atoms. The molecule has 0 bridgehead atoms. The molecule has 3 N–H and O–H groups in total.